The Bertz CT molecular complexity index is 829. The second-order valence-electron chi connectivity index (χ2n) is 6.19. The van der Waals surface area contributed by atoms with Crippen LogP contribution in [0.5, 0.6) is 0 Å². The molecule has 2 aromatic rings. The van der Waals surface area contributed by atoms with Crippen molar-refractivity contribution in [1.29, 1.82) is 0 Å². The van der Waals surface area contributed by atoms with Crippen LogP contribution in [0, 0.1) is 6.92 Å². The minimum Gasteiger partial charge on any atom is -0.477 e. The largest absolute Gasteiger partial charge is 0.477 e. The van der Waals surface area contributed by atoms with E-state index in [2.05, 4.69) is 0 Å². The van der Waals surface area contributed by atoms with Crippen LogP contribution in [0.4, 0.5) is 0 Å². The van der Waals surface area contributed by atoms with Gasteiger partial charge in [0.25, 0.3) is 5.56 Å². The van der Waals surface area contributed by atoms with E-state index in [4.69, 9.17) is 0 Å². The minimum absolute atomic E-state index is 0.241. The predicted molar refractivity (Wildman–Crippen MR) is 86.6 cm³/mol. The Hall–Kier alpha value is -2.40. The third-order valence-corrected chi connectivity index (χ3v) is 4.86. The van der Waals surface area contributed by atoms with E-state index < -0.39 is 17.1 Å². The maximum absolute atomic E-state index is 12.0. The molecule has 0 saturated heterocycles. The Kier molecular flexibility index (Phi) is 3.60. The molecule has 5 nitrogen and oxygen atoms in total. The molecule has 23 heavy (non-hydrogen) atoms. The van der Waals surface area contributed by atoms with E-state index in [9.17, 15) is 19.8 Å². The number of aromatic nitrogens is 1. The summed E-state index contributed by atoms with van der Waals surface area (Å²) < 4.78 is 1.35. The van der Waals surface area contributed by atoms with Gasteiger partial charge in [0.15, 0.2) is 0 Å². The van der Waals surface area contributed by atoms with Gasteiger partial charge < -0.3 is 14.8 Å². The van der Waals surface area contributed by atoms with E-state index in [1.54, 1.807) is 14.0 Å². The van der Waals surface area contributed by atoms with Gasteiger partial charge in [-0.1, -0.05) is 24.3 Å². The number of nitrogens with zero attached hydrogens (tertiary/aromatic N) is 1. The zero-order chi connectivity index (χ0) is 16.8. The van der Waals surface area contributed by atoms with Crippen molar-refractivity contribution in [2.45, 2.75) is 31.8 Å². The molecule has 1 aromatic heterocycles. The Balaban J connectivity index is 2.08. The van der Waals surface area contributed by atoms with Gasteiger partial charge in [0.2, 0.25) is 0 Å². The van der Waals surface area contributed by atoms with Crippen molar-refractivity contribution in [3.8, 4) is 11.1 Å². The van der Waals surface area contributed by atoms with Crippen LogP contribution in [0.3, 0.4) is 0 Å². The van der Waals surface area contributed by atoms with Crippen molar-refractivity contribution in [2.75, 3.05) is 0 Å². The number of pyridine rings is 1. The van der Waals surface area contributed by atoms with Crippen LogP contribution in [-0.4, -0.2) is 20.7 Å². The summed E-state index contributed by atoms with van der Waals surface area (Å²) in [6.45, 7) is 1.79. The van der Waals surface area contributed by atoms with Gasteiger partial charge in [-0.25, -0.2) is 4.79 Å². The van der Waals surface area contributed by atoms with Crippen LogP contribution in [-0.2, 0) is 12.6 Å². The van der Waals surface area contributed by atoms with Gasteiger partial charge in [-0.05, 0) is 43.4 Å². The first kappa shape index (κ1) is 15.5. The van der Waals surface area contributed by atoms with Gasteiger partial charge in [-0.15, -0.1) is 0 Å². The Morgan fingerprint density at radius 1 is 1.22 bits per heavy atom. The first-order valence-electron chi connectivity index (χ1n) is 7.61. The van der Waals surface area contributed by atoms with Crippen molar-refractivity contribution >= 4 is 5.97 Å². The van der Waals surface area contributed by atoms with E-state index in [1.165, 1.54) is 10.6 Å². The van der Waals surface area contributed by atoms with Crippen molar-refractivity contribution in [3.05, 3.63) is 57.5 Å². The third-order valence-electron chi connectivity index (χ3n) is 4.86. The lowest BCUT2D eigenvalue weighted by Crippen LogP contribution is -2.33. The summed E-state index contributed by atoms with van der Waals surface area (Å²) in [7, 11) is 1.57. The Morgan fingerprint density at radius 2 is 1.83 bits per heavy atom. The molecule has 0 atom stereocenters. The third kappa shape index (κ3) is 2.47. The van der Waals surface area contributed by atoms with Crippen LogP contribution < -0.4 is 5.56 Å². The van der Waals surface area contributed by atoms with Crippen LogP contribution in [0.1, 0.15) is 40.9 Å². The molecular formula is C18H19NO4. The number of carboxylic acid groups (broad SMARTS) is 1. The molecule has 0 unspecified atom stereocenters. The highest BCUT2D eigenvalue weighted by molar-refractivity contribution is 5.89. The molecule has 120 valence electrons. The molecule has 1 aliphatic carbocycles. The molecule has 1 heterocycles. The van der Waals surface area contributed by atoms with Gasteiger partial charge in [-0.3, -0.25) is 4.79 Å². The van der Waals surface area contributed by atoms with E-state index in [0.717, 1.165) is 30.4 Å². The van der Waals surface area contributed by atoms with Crippen LogP contribution in [0.2, 0.25) is 0 Å². The zero-order valence-electron chi connectivity index (χ0n) is 13.2. The first-order chi connectivity index (χ1) is 10.8. The van der Waals surface area contributed by atoms with Gasteiger partial charge in [0.1, 0.15) is 5.56 Å². The topological polar surface area (TPSA) is 79.5 Å². The highest BCUT2D eigenvalue weighted by atomic mass is 16.4. The lowest BCUT2D eigenvalue weighted by Gasteiger charge is -2.37. The van der Waals surface area contributed by atoms with Crippen LogP contribution >= 0.6 is 0 Å². The molecule has 1 aromatic carbocycles. The number of hydrogen-bond acceptors (Lipinski definition) is 3. The summed E-state index contributed by atoms with van der Waals surface area (Å²) >= 11 is 0. The van der Waals surface area contributed by atoms with E-state index in [0.29, 0.717) is 11.3 Å². The molecule has 5 heteroatoms. The SMILES string of the molecule is Cc1c(-c2ccc(C3(O)CCC3)cc2)cc(C(=O)O)c(=O)n1C. The number of benzene rings is 1. The quantitative estimate of drug-likeness (QED) is 0.912. The molecular weight excluding hydrogens is 294 g/mol. The van der Waals surface area contributed by atoms with Gasteiger partial charge in [0, 0.05) is 18.3 Å². The summed E-state index contributed by atoms with van der Waals surface area (Å²) in [5, 5.41) is 19.6. The van der Waals surface area contributed by atoms with Gasteiger partial charge in [0.05, 0.1) is 5.60 Å². The van der Waals surface area contributed by atoms with E-state index >= 15 is 0 Å². The monoisotopic (exact) mass is 313 g/mol. The number of carbonyl (C=O) groups is 1. The van der Waals surface area contributed by atoms with Crippen LogP contribution in [0.15, 0.2) is 35.1 Å². The fourth-order valence-electron chi connectivity index (χ4n) is 3.03. The molecule has 1 fully saturated rings. The lowest BCUT2D eigenvalue weighted by atomic mass is 9.75. The summed E-state index contributed by atoms with van der Waals surface area (Å²) in [4.78, 5) is 23.3. The lowest BCUT2D eigenvalue weighted by molar-refractivity contribution is -0.0387. The number of aliphatic hydroxyl groups is 1. The molecule has 0 aliphatic heterocycles. The molecule has 0 bridgehead atoms. The maximum Gasteiger partial charge on any atom is 0.341 e. The molecule has 3 rings (SSSR count). The average molecular weight is 313 g/mol. The number of aromatic carboxylic acids is 1. The zero-order valence-corrected chi connectivity index (χ0v) is 13.2. The fraction of sp³-hybridized carbons (Fsp3) is 0.333. The number of hydrogen-bond donors (Lipinski definition) is 2. The molecule has 0 radical (unpaired) electrons. The molecule has 1 aliphatic rings. The highest BCUT2D eigenvalue weighted by Crippen LogP contribution is 2.41. The Morgan fingerprint density at radius 3 is 2.30 bits per heavy atom. The number of rotatable bonds is 3. The molecule has 1 saturated carbocycles. The van der Waals surface area contributed by atoms with Crippen molar-refractivity contribution in [3.63, 3.8) is 0 Å². The number of carboxylic acids is 1. The predicted octanol–water partition coefficient (Wildman–Crippen LogP) is 2.43. The fourth-order valence-corrected chi connectivity index (χ4v) is 3.03. The standard InChI is InChI=1S/C18H19NO4/c1-11-14(10-15(17(21)22)16(20)19(11)2)12-4-6-13(7-5-12)18(23)8-3-9-18/h4-7,10,23H,3,8-9H2,1-2H3,(H,21,22). The van der Waals surface area contributed by atoms with Crippen molar-refractivity contribution in [2.24, 2.45) is 7.05 Å². The van der Waals surface area contributed by atoms with Gasteiger partial charge >= 0.3 is 5.97 Å². The van der Waals surface area contributed by atoms with Gasteiger partial charge in [-0.2, -0.15) is 0 Å². The summed E-state index contributed by atoms with van der Waals surface area (Å²) in [6, 6.07) is 8.90. The molecule has 0 amide bonds. The molecule has 2 N–H and O–H groups in total. The van der Waals surface area contributed by atoms with E-state index in [1.807, 2.05) is 24.3 Å². The van der Waals surface area contributed by atoms with Crippen molar-refractivity contribution in [1.82, 2.24) is 4.57 Å². The summed E-state index contributed by atoms with van der Waals surface area (Å²) in [5.41, 5.74) is 1.64. The molecule has 0 spiro atoms. The smallest absolute Gasteiger partial charge is 0.341 e. The summed E-state index contributed by atoms with van der Waals surface area (Å²) in [5.74, 6) is -1.23. The normalized spacial score (nSPS) is 16.0. The summed E-state index contributed by atoms with van der Waals surface area (Å²) in [6.07, 6.45) is 2.57. The maximum atomic E-state index is 12.0. The average Bonchev–Trinajstić information content (AvgIpc) is 2.50. The second kappa shape index (κ2) is 5.35. The van der Waals surface area contributed by atoms with E-state index in [-0.39, 0.29) is 5.56 Å². The Labute approximate surface area is 133 Å². The second-order valence-corrected chi connectivity index (χ2v) is 6.19. The first-order valence-corrected chi connectivity index (χ1v) is 7.61. The van der Waals surface area contributed by atoms with Crippen LogP contribution in [0.25, 0.3) is 11.1 Å². The van der Waals surface area contributed by atoms with Crippen molar-refractivity contribution < 1.29 is 15.0 Å². The highest BCUT2D eigenvalue weighted by Gasteiger charge is 2.35. The minimum atomic E-state index is -1.23.